The summed E-state index contributed by atoms with van der Waals surface area (Å²) in [5, 5.41) is 17.8. The Hall–Kier alpha value is -14.4. The first kappa shape index (κ1) is 62.6. The molecule has 17 aromatic carbocycles. The summed E-state index contributed by atoms with van der Waals surface area (Å²) in [6.07, 6.45) is 0. The smallest absolute Gasteiger partial charge is 0.164 e. The van der Waals surface area contributed by atoms with E-state index >= 15 is 0 Å². The van der Waals surface area contributed by atoms with Crippen molar-refractivity contribution in [3.8, 4) is 124 Å². The highest BCUT2D eigenvalue weighted by Gasteiger charge is 2.30. The molecule has 0 aliphatic heterocycles. The Morgan fingerprint density at radius 3 is 1.01 bits per heavy atom. The van der Waals surface area contributed by atoms with Crippen LogP contribution in [-0.2, 0) is 0 Å². The Balaban J connectivity index is 0.000000131. The van der Waals surface area contributed by atoms with Crippen molar-refractivity contribution >= 4 is 139 Å². The number of benzene rings is 17. The van der Waals surface area contributed by atoms with Crippen molar-refractivity contribution in [2.45, 2.75) is 0 Å². The van der Waals surface area contributed by atoms with Gasteiger partial charge in [0.2, 0.25) is 0 Å². The molecule has 0 saturated carbocycles. The second-order valence-corrected chi connectivity index (χ2v) is 31.3. The number of hydrogen-bond acceptors (Lipinski definition) is 8. The van der Waals surface area contributed by atoms with Crippen molar-refractivity contribution in [3.63, 3.8) is 0 Å². The van der Waals surface area contributed by atoms with Crippen molar-refractivity contribution in [3.05, 3.63) is 352 Å². The van der Waals surface area contributed by atoms with Gasteiger partial charge in [0.1, 0.15) is 0 Å². The fraction of sp³-hybridized carbons (Fsp3) is 0. The second-order valence-electron chi connectivity index (χ2n) is 29.1. The van der Waals surface area contributed by atoms with Crippen LogP contribution < -0.4 is 0 Å². The van der Waals surface area contributed by atoms with E-state index in [4.69, 9.17) is 29.9 Å². The molecule has 0 fully saturated rings. The molecule has 0 spiro atoms. The van der Waals surface area contributed by atoms with Crippen LogP contribution in [0.25, 0.3) is 240 Å². The monoisotopic (exact) mass is 1460 g/mol. The van der Waals surface area contributed by atoms with Crippen molar-refractivity contribution in [2.24, 2.45) is 0 Å². The molecular formula is C102H58N8S2. The van der Waals surface area contributed by atoms with Gasteiger partial charge in [-0.15, -0.1) is 22.7 Å². The van der Waals surface area contributed by atoms with Crippen LogP contribution in [0.1, 0.15) is 0 Å². The lowest BCUT2D eigenvalue weighted by Gasteiger charge is -2.17. The molecule has 2 aliphatic rings. The van der Waals surface area contributed by atoms with E-state index < -0.39 is 0 Å². The lowest BCUT2D eigenvalue weighted by molar-refractivity contribution is 1.07. The summed E-state index contributed by atoms with van der Waals surface area (Å²) in [4.78, 5) is 30.1. The van der Waals surface area contributed by atoms with Crippen molar-refractivity contribution in [1.29, 1.82) is 0 Å². The normalized spacial score (nSPS) is 12.1. The Kier molecular flexibility index (Phi) is 13.7. The Morgan fingerprint density at radius 2 is 0.545 bits per heavy atom. The first-order valence-corrected chi connectivity index (χ1v) is 39.4. The van der Waals surface area contributed by atoms with Crippen LogP contribution in [0.5, 0.6) is 0 Å². The third kappa shape index (κ3) is 9.53. The third-order valence-corrected chi connectivity index (χ3v) is 25.2. The first-order valence-electron chi connectivity index (χ1n) is 37.8. The molecule has 0 saturated heterocycles. The highest BCUT2D eigenvalue weighted by molar-refractivity contribution is 7.26. The van der Waals surface area contributed by atoms with Crippen LogP contribution in [0.3, 0.4) is 0 Å². The number of rotatable bonds is 8. The molecular weight excluding hydrogens is 1400 g/mol. The molecule has 8 nitrogen and oxygen atoms in total. The number of aromatic nitrogens is 8. The van der Waals surface area contributed by atoms with Gasteiger partial charge in [-0.25, -0.2) is 29.9 Å². The number of fused-ring (bicyclic) bond motifs is 13. The molecule has 112 heavy (non-hydrogen) atoms. The quantitative estimate of drug-likeness (QED) is 0.151. The van der Waals surface area contributed by atoms with Crippen molar-refractivity contribution in [2.75, 3.05) is 0 Å². The maximum Gasteiger partial charge on any atom is 0.164 e. The molecule has 6 heterocycles. The van der Waals surface area contributed by atoms with Gasteiger partial charge in [0.25, 0.3) is 0 Å². The average molecular weight is 1460 g/mol. The highest BCUT2D eigenvalue weighted by Crippen LogP contribution is 2.55. The van der Waals surface area contributed by atoms with Gasteiger partial charge in [0.05, 0.1) is 27.8 Å². The third-order valence-electron chi connectivity index (χ3n) is 23.0. The van der Waals surface area contributed by atoms with Crippen LogP contribution >= 0.6 is 22.7 Å². The van der Waals surface area contributed by atoms with Crippen molar-refractivity contribution in [1.82, 2.24) is 39.0 Å². The standard InChI is InChI=1S/C53H30N4S.C49H28N4S/c1-3-13-32(14-4-1)51-54-52(33-15-5-2-6-16-33)56-53(55-51)39-26-28-43(35-19-8-7-18-34(35)39)57-44-23-12-22-38-41-30-47-42(36-20-9-10-24-46(36)58-47)29-40(41)37-21-11-17-31-25-27-45(57)50(48(31)37)49(38)44;1-3-11-30(12-4-1)47-50-48(31-13-5-2-6-14-31)52-49(51-47)32-21-24-33(25-22-32)53-40-19-10-18-36-38-28-43-39(34-16-7-8-20-42(34)54-43)27-37(38)35-17-9-15-29-23-26-41(53)46(44(29)35)45(36)40/h1-30H;1-28H. The number of thiophene rings is 2. The molecule has 0 amide bonds. The van der Waals surface area contributed by atoms with Gasteiger partial charge in [-0.1, -0.05) is 255 Å². The van der Waals surface area contributed by atoms with Gasteiger partial charge in [0.15, 0.2) is 34.9 Å². The molecule has 518 valence electrons. The molecule has 23 aromatic rings. The Morgan fingerprint density at radius 1 is 0.188 bits per heavy atom. The van der Waals surface area contributed by atoms with E-state index in [2.05, 4.69) is 264 Å². The van der Waals surface area contributed by atoms with Crippen molar-refractivity contribution < 1.29 is 0 Å². The lowest BCUT2D eigenvalue weighted by Crippen LogP contribution is -2.01. The maximum atomic E-state index is 5.13. The van der Waals surface area contributed by atoms with Crippen LogP contribution in [0, 0.1) is 0 Å². The fourth-order valence-corrected chi connectivity index (χ4v) is 20.3. The molecule has 25 rings (SSSR count). The first-order chi connectivity index (χ1) is 55.5. The summed E-state index contributed by atoms with van der Waals surface area (Å²) in [6, 6.07) is 126. The van der Waals surface area contributed by atoms with Gasteiger partial charge < -0.3 is 9.13 Å². The number of nitrogens with zero attached hydrogens (tertiary/aromatic N) is 8. The molecule has 10 heteroatoms. The molecule has 0 N–H and O–H groups in total. The molecule has 2 aliphatic carbocycles. The fourth-order valence-electron chi connectivity index (χ4n) is 18.0. The molecule has 0 bridgehead atoms. The predicted molar refractivity (Wildman–Crippen MR) is 468 cm³/mol. The van der Waals surface area contributed by atoms with E-state index in [0.29, 0.717) is 34.9 Å². The highest BCUT2D eigenvalue weighted by atomic mass is 32.1. The Labute approximate surface area is 649 Å². The Bertz CT molecular complexity index is 7800. The van der Waals surface area contributed by atoms with Crippen LogP contribution in [0.15, 0.2) is 352 Å². The van der Waals surface area contributed by atoms with Crippen LogP contribution in [0.4, 0.5) is 0 Å². The van der Waals surface area contributed by atoms with E-state index in [0.717, 1.165) is 55.5 Å². The summed E-state index contributed by atoms with van der Waals surface area (Å²) >= 11 is 3.76. The average Bonchev–Trinajstić information content (AvgIpc) is 1.54. The van der Waals surface area contributed by atoms with Gasteiger partial charge in [0, 0.05) is 106 Å². The van der Waals surface area contributed by atoms with Crippen LogP contribution in [-0.4, -0.2) is 39.0 Å². The molecule has 0 unspecified atom stereocenters. The maximum absolute atomic E-state index is 5.13. The summed E-state index contributed by atoms with van der Waals surface area (Å²) < 4.78 is 10.2. The summed E-state index contributed by atoms with van der Waals surface area (Å²) in [7, 11) is 0. The van der Waals surface area contributed by atoms with E-state index in [1.807, 2.05) is 120 Å². The van der Waals surface area contributed by atoms with E-state index in [1.165, 1.54) is 150 Å². The SMILES string of the molecule is c1ccc(-c2nc(-c3ccccc3)nc(-c3ccc(-n4c5cccc6c5c5c7c(cccc7ccc54)-c4cc5c(cc4-6)sc4ccccc45)c4ccccc34)n2)cc1.c1ccc(-c2nc(-c3ccccc3)nc(-c3ccc(-n4c5cccc6c5c5c7c(cccc7ccc54)-c4cc5c(cc4-6)sc4ccccc45)cc3)n2)cc1. The molecule has 0 atom stereocenters. The van der Waals surface area contributed by atoms with E-state index in [-0.39, 0.29) is 0 Å². The minimum Gasteiger partial charge on any atom is -0.309 e. The minimum absolute atomic E-state index is 0.646. The van der Waals surface area contributed by atoms with Crippen LogP contribution in [0.2, 0.25) is 0 Å². The van der Waals surface area contributed by atoms with E-state index in [9.17, 15) is 0 Å². The second kappa shape index (κ2) is 24.5. The topological polar surface area (TPSA) is 87.2 Å². The zero-order valence-corrected chi connectivity index (χ0v) is 61.5. The van der Waals surface area contributed by atoms with Gasteiger partial charge in [-0.05, 0) is 169 Å². The lowest BCUT2D eigenvalue weighted by atomic mass is 9.92. The van der Waals surface area contributed by atoms with Gasteiger partial charge >= 0.3 is 0 Å². The summed E-state index contributed by atoms with van der Waals surface area (Å²) in [5.74, 6) is 3.91. The van der Waals surface area contributed by atoms with Gasteiger partial charge in [-0.3, -0.25) is 0 Å². The van der Waals surface area contributed by atoms with Gasteiger partial charge in [-0.2, -0.15) is 0 Å². The minimum atomic E-state index is 0.646. The summed E-state index contributed by atoms with van der Waals surface area (Å²) in [6.45, 7) is 0. The molecule has 6 aromatic heterocycles. The largest absolute Gasteiger partial charge is 0.309 e. The van der Waals surface area contributed by atoms with E-state index in [1.54, 1.807) is 0 Å². The number of hydrogen-bond donors (Lipinski definition) is 0. The predicted octanol–water partition coefficient (Wildman–Crippen LogP) is 27.4. The summed E-state index contributed by atoms with van der Waals surface area (Å²) in [5.41, 5.74) is 23.0. The zero-order valence-electron chi connectivity index (χ0n) is 59.9. The molecule has 0 radical (unpaired) electrons. The zero-order chi connectivity index (χ0) is 73.2.